The highest BCUT2D eigenvalue weighted by atomic mass is 32.2. The van der Waals surface area contributed by atoms with Crippen LogP contribution in [-0.2, 0) is 0 Å². The van der Waals surface area contributed by atoms with E-state index in [9.17, 15) is 14.0 Å². The second-order valence-electron chi connectivity index (χ2n) is 4.71. The maximum absolute atomic E-state index is 12.9. The van der Waals surface area contributed by atoms with E-state index in [1.165, 1.54) is 30.8 Å². The fourth-order valence-electron chi connectivity index (χ4n) is 2.03. The number of aryl methyl sites for hydroxylation is 1. The third-order valence-corrected chi connectivity index (χ3v) is 4.21. The Labute approximate surface area is 125 Å². The number of hydrogen-bond donors (Lipinski definition) is 1. The van der Waals surface area contributed by atoms with Crippen molar-refractivity contribution in [3.8, 4) is 0 Å². The van der Waals surface area contributed by atoms with E-state index in [-0.39, 0.29) is 16.9 Å². The standard InChI is InChI=1S/C15H15FN2O2S/c1-8-13(9(2)19)14(18-15(20)17-8)21-10(3)11-4-6-12(16)7-5-11/h4-7,10H,1-3H3,(H,17,18,20)/t10-/m1/s1. The minimum Gasteiger partial charge on any atom is -0.309 e. The topological polar surface area (TPSA) is 62.8 Å². The summed E-state index contributed by atoms with van der Waals surface area (Å²) < 4.78 is 12.9. The SMILES string of the molecule is CC(=O)c1c(S[C@H](C)c2ccc(F)cc2)nc(=O)[nH]c1C. The Morgan fingerprint density at radius 1 is 1.33 bits per heavy atom. The highest BCUT2D eigenvalue weighted by molar-refractivity contribution is 7.99. The van der Waals surface area contributed by atoms with Crippen LogP contribution in [0.4, 0.5) is 4.39 Å². The molecule has 6 heteroatoms. The number of ketones is 1. The van der Waals surface area contributed by atoms with E-state index in [2.05, 4.69) is 9.97 Å². The monoisotopic (exact) mass is 306 g/mol. The molecule has 1 aromatic heterocycles. The van der Waals surface area contributed by atoms with Gasteiger partial charge in [-0.25, -0.2) is 9.18 Å². The zero-order valence-electron chi connectivity index (χ0n) is 11.9. The summed E-state index contributed by atoms with van der Waals surface area (Å²) >= 11 is 1.31. The predicted octanol–water partition coefficient (Wildman–Crippen LogP) is 3.27. The quantitative estimate of drug-likeness (QED) is 0.535. The highest BCUT2D eigenvalue weighted by Gasteiger charge is 2.17. The van der Waals surface area contributed by atoms with Crippen LogP contribution in [0, 0.1) is 12.7 Å². The molecule has 1 aromatic carbocycles. The first-order valence-corrected chi connectivity index (χ1v) is 7.30. The molecule has 0 aliphatic heterocycles. The van der Waals surface area contributed by atoms with Crippen molar-refractivity contribution in [2.75, 3.05) is 0 Å². The van der Waals surface area contributed by atoms with Gasteiger partial charge >= 0.3 is 5.69 Å². The molecule has 2 rings (SSSR count). The van der Waals surface area contributed by atoms with Crippen molar-refractivity contribution in [1.82, 2.24) is 9.97 Å². The number of Topliss-reactive ketones (excluding diaryl/α,β-unsaturated/α-hetero) is 1. The maximum atomic E-state index is 12.9. The van der Waals surface area contributed by atoms with E-state index in [0.717, 1.165) is 5.56 Å². The second kappa shape index (κ2) is 6.22. The lowest BCUT2D eigenvalue weighted by Gasteiger charge is -2.13. The number of carbonyl (C=O) groups excluding carboxylic acids is 1. The summed E-state index contributed by atoms with van der Waals surface area (Å²) in [4.78, 5) is 29.7. The molecule has 0 aliphatic rings. The van der Waals surface area contributed by atoms with E-state index in [1.54, 1.807) is 19.1 Å². The minimum atomic E-state index is -0.480. The summed E-state index contributed by atoms with van der Waals surface area (Å²) in [5.41, 5.74) is 1.35. The van der Waals surface area contributed by atoms with Crippen molar-refractivity contribution < 1.29 is 9.18 Å². The first-order chi connectivity index (χ1) is 9.88. The van der Waals surface area contributed by atoms with E-state index < -0.39 is 5.69 Å². The van der Waals surface area contributed by atoms with Crippen molar-refractivity contribution in [3.05, 3.63) is 57.4 Å². The zero-order chi connectivity index (χ0) is 15.6. The van der Waals surface area contributed by atoms with Gasteiger partial charge in [0, 0.05) is 10.9 Å². The van der Waals surface area contributed by atoms with Crippen LogP contribution in [0.5, 0.6) is 0 Å². The molecule has 0 aliphatic carbocycles. The third kappa shape index (κ3) is 3.58. The smallest absolute Gasteiger partial charge is 0.309 e. The Morgan fingerprint density at radius 2 is 1.95 bits per heavy atom. The summed E-state index contributed by atoms with van der Waals surface area (Å²) in [6, 6.07) is 6.13. The van der Waals surface area contributed by atoms with Crippen LogP contribution in [-0.4, -0.2) is 15.8 Å². The molecule has 0 saturated carbocycles. The number of rotatable bonds is 4. The van der Waals surface area contributed by atoms with Crippen molar-refractivity contribution in [2.45, 2.75) is 31.0 Å². The third-order valence-electron chi connectivity index (χ3n) is 3.07. The van der Waals surface area contributed by atoms with Crippen molar-refractivity contribution >= 4 is 17.5 Å². The average Bonchev–Trinajstić information content (AvgIpc) is 2.37. The number of nitrogens with one attached hydrogen (secondary N) is 1. The molecule has 0 saturated heterocycles. The molecule has 0 fully saturated rings. The Hall–Kier alpha value is -1.95. The van der Waals surface area contributed by atoms with Crippen LogP contribution in [0.15, 0.2) is 34.1 Å². The molecule has 0 bridgehead atoms. The fourth-order valence-corrected chi connectivity index (χ4v) is 3.21. The molecule has 1 atom stereocenters. The number of hydrogen-bond acceptors (Lipinski definition) is 4. The van der Waals surface area contributed by atoms with Crippen LogP contribution >= 0.6 is 11.8 Å². The molecule has 0 amide bonds. The van der Waals surface area contributed by atoms with Crippen LogP contribution in [0.2, 0.25) is 0 Å². The molecule has 1 heterocycles. The molecule has 110 valence electrons. The highest BCUT2D eigenvalue weighted by Crippen LogP contribution is 2.35. The largest absolute Gasteiger partial charge is 0.346 e. The van der Waals surface area contributed by atoms with Crippen LogP contribution in [0.1, 0.15) is 40.7 Å². The van der Waals surface area contributed by atoms with Gasteiger partial charge in [-0.3, -0.25) is 4.79 Å². The molecule has 0 spiro atoms. The predicted molar refractivity (Wildman–Crippen MR) is 80.3 cm³/mol. The Kier molecular flexibility index (Phi) is 4.57. The number of H-pyrrole nitrogens is 1. The molecular formula is C15H15FN2O2S. The summed E-state index contributed by atoms with van der Waals surface area (Å²) in [6.07, 6.45) is 0. The molecule has 2 aromatic rings. The van der Waals surface area contributed by atoms with Crippen molar-refractivity contribution in [2.24, 2.45) is 0 Å². The Bertz CT molecular complexity index is 725. The average molecular weight is 306 g/mol. The number of thioether (sulfide) groups is 1. The van der Waals surface area contributed by atoms with Gasteiger partial charge in [-0.05, 0) is 38.5 Å². The molecule has 21 heavy (non-hydrogen) atoms. The number of nitrogens with zero attached hydrogens (tertiary/aromatic N) is 1. The Morgan fingerprint density at radius 3 is 2.52 bits per heavy atom. The number of aromatic amines is 1. The lowest BCUT2D eigenvalue weighted by Crippen LogP contribution is -2.17. The van der Waals surface area contributed by atoms with Crippen molar-refractivity contribution in [1.29, 1.82) is 0 Å². The van der Waals surface area contributed by atoms with Gasteiger partial charge < -0.3 is 4.98 Å². The summed E-state index contributed by atoms with van der Waals surface area (Å²) in [6.45, 7) is 5.03. The maximum Gasteiger partial charge on any atom is 0.346 e. The number of aromatic nitrogens is 2. The van der Waals surface area contributed by atoms with Gasteiger partial charge in [-0.15, -0.1) is 0 Å². The van der Waals surface area contributed by atoms with E-state index in [0.29, 0.717) is 16.3 Å². The van der Waals surface area contributed by atoms with Gasteiger partial charge in [-0.2, -0.15) is 4.98 Å². The number of carbonyl (C=O) groups is 1. The van der Waals surface area contributed by atoms with E-state index in [1.807, 2.05) is 6.92 Å². The van der Waals surface area contributed by atoms with E-state index >= 15 is 0 Å². The lowest BCUT2D eigenvalue weighted by molar-refractivity contribution is 0.101. The van der Waals surface area contributed by atoms with Gasteiger partial charge in [0.05, 0.1) is 5.56 Å². The van der Waals surface area contributed by atoms with Crippen LogP contribution < -0.4 is 5.69 Å². The van der Waals surface area contributed by atoms with Gasteiger partial charge in [0.25, 0.3) is 0 Å². The lowest BCUT2D eigenvalue weighted by atomic mass is 10.2. The number of halogens is 1. The first kappa shape index (κ1) is 15.4. The molecule has 4 nitrogen and oxygen atoms in total. The van der Waals surface area contributed by atoms with Crippen LogP contribution in [0.3, 0.4) is 0 Å². The van der Waals surface area contributed by atoms with Gasteiger partial charge in [0.2, 0.25) is 0 Å². The zero-order valence-corrected chi connectivity index (χ0v) is 12.8. The number of benzene rings is 1. The molecule has 0 radical (unpaired) electrons. The normalized spacial score (nSPS) is 12.2. The van der Waals surface area contributed by atoms with E-state index in [4.69, 9.17) is 0 Å². The van der Waals surface area contributed by atoms with Gasteiger partial charge in [0.15, 0.2) is 5.78 Å². The van der Waals surface area contributed by atoms with Gasteiger partial charge in [0.1, 0.15) is 10.8 Å². The van der Waals surface area contributed by atoms with Crippen molar-refractivity contribution in [3.63, 3.8) is 0 Å². The second-order valence-corrected chi connectivity index (χ2v) is 6.04. The molecule has 0 unspecified atom stereocenters. The minimum absolute atomic E-state index is 0.0580. The molecular weight excluding hydrogens is 291 g/mol. The fraction of sp³-hybridized carbons (Fsp3) is 0.267. The molecule has 1 N–H and O–H groups in total. The first-order valence-electron chi connectivity index (χ1n) is 6.42. The summed E-state index contributed by atoms with van der Waals surface area (Å²) in [5, 5.41) is 0.345. The van der Waals surface area contributed by atoms with Gasteiger partial charge in [-0.1, -0.05) is 23.9 Å². The van der Waals surface area contributed by atoms with Crippen LogP contribution in [0.25, 0.3) is 0 Å². The summed E-state index contributed by atoms with van der Waals surface area (Å²) in [5.74, 6) is -0.449. The summed E-state index contributed by atoms with van der Waals surface area (Å²) in [7, 11) is 0. The Balaban J connectivity index is 2.36.